The van der Waals surface area contributed by atoms with Crippen molar-refractivity contribution in [1.82, 2.24) is 10.2 Å². The molecule has 1 heterocycles. The molecule has 20 heavy (non-hydrogen) atoms. The van der Waals surface area contributed by atoms with Gasteiger partial charge in [0.2, 0.25) is 17.7 Å². The number of hydrogen-bond acceptors (Lipinski definition) is 4. The van der Waals surface area contributed by atoms with Gasteiger partial charge in [0, 0.05) is 0 Å². The first-order chi connectivity index (χ1) is 9.47. The number of aromatic carboxylic acids is 1. The number of benzene rings is 1. The number of hydrogen-bond donors (Lipinski definition) is 2. The van der Waals surface area contributed by atoms with Gasteiger partial charge in [0.25, 0.3) is 0 Å². The Morgan fingerprint density at radius 3 is 2.35 bits per heavy atom. The molecule has 1 aromatic rings. The van der Waals surface area contributed by atoms with Crippen LogP contribution in [0.25, 0.3) is 0 Å². The van der Waals surface area contributed by atoms with Crippen molar-refractivity contribution in [3.8, 4) is 0 Å². The number of amides is 3. The Balaban J connectivity index is 2.14. The molecule has 7 nitrogen and oxygen atoms in total. The standard InChI is InChI=1S/C13H12N2O5/c16-10-6-15(7-11(17)14-10)12(18)5-8-3-1-2-4-9(8)13(19)20/h1-4H,5-7H2,(H,19,20)(H,14,16,17). The van der Waals surface area contributed by atoms with E-state index in [1.54, 1.807) is 12.1 Å². The van der Waals surface area contributed by atoms with Crippen LogP contribution in [-0.4, -0.2) is 46.8 Å². The van der Waals surface area contributed by atoms with Crippen LogP contribution in [0.5, 0.6) is 0 Å². The Kier molecular flexibility index (Phi) is 3.79. The SMILES string of the molecule is O=C1CN(C(=O)Cc2ccccc2C(=O)O)CC(=O)N1. The maximum Gasteiger partial charge on any atom is 0.335 e. The van der Waals surface area contributed by atoms with E-state index in [-0.39, 0.29) is 25.1 Å². The summed E-state index contributed by atoms with van der Waals surface area (Å²) in [6.45, 7) is -0.389. The molecule has 2 N–H and O–H groups in total. The molecule has 0 unspecified atom stereocenters. The lowest BCUT2D eigenvalue weighted by atomic mass is 10.0. The minimum Gasteiger partial charge on any atom is -0.478 e. The van der Waals surface area contributed by atoms with Crippen LogP contribution in [-0.2, 0) is 20.8 Å². The summed E-state index contributed by atoms with van der Waals surface area (Å²) in [6, 6.07) is 6.13. The van der Waals surface area contributed by atoms with Gasteiger partial charge in [-0.25, -0.2) is 4.79 Å². The molecule has 0 bridgehead atoms. The van der Waals surface area contributed by atoms with Gasteiger partial charge in [-0.05, 0) is 11.6 Å². The van der Waals surface area contributed by atoms with Crippen LogP contribution >= 0.6 is 0 Å². The minimum absolute atomic E-state index is 0.0358. The van der Waals surface area contributed by atoms with Crippen molar-refractivity contribution < 1.29 is 24.3 Å². The van der Waals surface area contributed by atoms with Gasteiger partial charge in [-0.3, -0.25) is 19.7 Å². The zero-order valence-electron chi connectivity index (χ0n) is 10.5. The van der Waals surface area contributed by atoms with Gasteiger partial charge >= 0.3 is 5.97 Å². The summed E-state index contributed by atoms with van der Waals surface area (Å²) >= 11 is 0. The van der Waals surface area contributed by atoms with Gasteiger partial charge in [0.15, 0.2) is 0 Å². The summed E-state index contributed by atoms with van der Waals surface area (Å²) in [5.41, 5.74) is 0.386. The third kappa shape index (κ3) is 3.00. The summed E-state index contributed by atoms with van der Waals surface area (Å²) in [4.78, 5) is 46.6. The van der Waals surface area contributed by atoms with Gasteiger partial charge in [-0.2, -0.15) is 0 Å². The molecule has 1 saturated heterocycles. The van der Waals surface area contributed by atoms with E-state index in [9.17, 15) is 19.2 Å². The summed E-state index contributed by atoms with van der Waals surface area (Å²) in [5.74, 6) is -2.66. The van der Waals surface area contributed by atoms with E-state index >= 15 is 0 Å². The number of carboxylic acid groups (broad SMARTS) is 1. The number of rotatable bonds is 3. The summed E-state index contributed by atoms with van der Waals surface area (Å²) in [6.07, 6.45) is -0.164. The molecule has 1 aromatic carbocycles. The molecule has 0 radical (unpaired) electrons. The van der Waals surface area contributed by atoms with Crippen LogP contribution in [0.15, 0.2) is 24.3 Å². The van der Waals surface area contributed by atoms with Crippen molar-refractivity contribution in [1.29, 1.82) is 0 Å². The fraction of sp³-hybridized carbons (Fsp3) is 0.231. The lowest BCUT2D eigenvalue weighted by Gasteiger charge is -2.25. The zero-order valence-corrected chi connectivity index (χ0v) is 10.5. The van der Waals surface area contributed by atoms with Crippen LogP contribution in [0, 0.1) is 0 Å². The number of nitrogens with zero attached hydrogens (tertiary/aromatic N) is 1. The molecule has 2 rings (SSSR count). The smallest absolute Gasteiger partial charge is 0.335 e. The average molecular weight is 276 g/mol. The van der Waals surface area contributed by atoms with Gasteiger partial charge in [0.1, 0.15) is 13.1 Å². The highest BCUT2D eigenvalue weighted by atomic mass is 16.4. The first-order valence-electron chi connectivity index (χ1n) is 5.89. The Hall–Kier alpha value is -2.70. The van der Waals surface area contributed by atoms with Crippen molar-refractivity contribution in [2.75, 3.05) is 13.1 Å². The van der Waals surface area contributed by atoms with Crippen LogP contribution in [0.4, 0.5) is 0 Å². The normalized spacial score (nSPS) is 14.9. The van der Waals surface area contributed by atoms with E-state index in [2.05, 4.69) is 5.32 Å². The average Bonchev–Trinajstić information content (AvgIpc) is 2.37. The molecule has 3 amide bonds. The minimum atomic E-state index is -1.12. The summed E-state index contributed by atoms with van der Waals surface area (Å²) in [7, 11) is 0. The van der Waals surface area contributed by atoms with Crippen molar-refractivity contribution in [2.45, 2.75) is 6.42 Å². The lowest BCUT2D eigenvalue weighted by molar-refractivity contribution is -0.145. The molecule has 0 atom stereocenters. The van der Waals surface area contributed by atoms with Crippen LogP contribution in [0.3, 0.4) is 0 Å². The maximum atomic E-state index is 12.0. The van der Waals surface area contributed by atoms with E-state index in [1.807, 2.05) is 0 Å². The fourth-order valence-corrected chi connectivity index (χ4v) is 1.97. The van der Waals surface area contributed by atoms with E-state index in [1.165, 1.54) is 12.1 Å². The third-order valence-electron chi connectivity index (χ3n) is 2.89. The summed E-state index contributed by atoms with van der Waals surface area (Å²) in [5, 5.41) is 11.1. The molecular formula is C13H12N2O5. The molecular weight excluding hydrogens is 264 g/mol. The molecule has 0 aliphatic carbocycles. The molecule has 0 saturated carbocycles. The van der Waals surface area contributed by atoms with E-state index < -0.39 is 23.7 Å². The van der Waals surface area contributed by atoms with Gasteiger partial charge in [-0.15, -0.1) is 0 Å². The first-order valence-corrected chi connectivity index (χ1v) is 5.89. The molecule has 104 valence electrons. The number of carbonyl (C=O) groups excluding carboxylic acids is 3. The van der Waals surface area contributed by atoms with Gasteiger partial charge in [-0.1, -0.05) is 18.2 Å². The van der Waals surface area contributed by atoms with Gasteiger partial charge < -0.3 is 10.0 Å². The highest BCUT2D eigenvalue weighted by Gasteiger charge is 2.26. The monoisotopic (exact) mass is 276 g/mol. The largest absolute Gasteiger partial charge is 0.478 e. The van der Waals surface area contributed by atoms with Gasteiger partial charge in [0.05, 0.1) is 12.0 Å². The molecule has 1 aliphatic rings. The highest BCUT2D eigenvalue weighted by Crippen LogP contribution is 2.11. The second kappa shape index (κ2) is 5.52. The number of imide groups is 1. The topological polar surface area (TPSA) is 104 Å². The molecule has 1 fully saturated rings. The Bertz CT molecular complexity index is 580. The lowest BCUT2D eigenvalue weighted by Crippen LogP contribution is -2.53. The molecule has 1 aliphatic heterocycles. The van der Waals surface area contributed by atoms with E-state index in [0.717, 1.165) is 4.90 Å². The van der Waals surface area contributed by atoms with E-state index in [0.29, 0.717) is 5.56 Å². The molecule has 0 spiro atoms. The maximum absolute atomic E-state index is 12.0. The Morgan fingerprint density at radius 2 is 1.75 bits per heavy atom. The third-order valence-corrected chi connectivity index (χ3v) is 2.89. The van der Waals surface area contributed by atoms with Crippen LogP contribution in [0.1, 0.15) is 15.9 Å². The van der Waals surface area contributed by atoms with Crippen molar-refractivity contribution in [2.24, 2.45) is 0 Å². The fourth-order valence-electron chi connectivity index (χ4n) is 1.97. The molecule has 7 heteroatoms. The quantitative estimate of drug-likeness (QED) is 0.718. The van der Waals surface area contributed by atoms with Crippen molar-refractivity contribution in [3.05, 3.63) is 35.4 Å². The zero-order chi connectivity index (χ0) is 14.7. The second-order valence-corrected chi connectivity index (χ2v) is 4.36. The van der Waals surface area contributed by atoms with Crippen molar-refractivity contribution in [3.63, 3.8) is 0 Å². The highest BCUT2D eigenvalue weighted by molar-refractivity contribution is 6.03. The number of carbonyl (C=O) groups is 4. The number of carboxylic acids is 1. The number of nitrogens with one attached hydrogen (secondary N) is 1. The van der Waals surface area contributed by atoms with Crippen LogP contribution < -0.4 is 5.32 Å². The van der Waals surface area contributed by atoms with E-state index in [4.69, 9.17) is 5.11 Å². The van der Waals surface area contributed by atoms with Crippen LogP contribution in [0.2, 0.25) is 0 Å². The predicted octanol–water partition coefficient (Wildman–Crippen LogP) is -0.588. The predicted molar refractivity (Wildman–Crippen MR) is 66.8 cm³/mol. The van der Waals surface area contributed by atoms with Crippen molar-refractivity contribution >= 4 is 23.7 Å². The second-order valence-electron chi connectivity index (χ2n) is 4.36. The molecule has 0 aromatic heterocycles. The Labute approximate surface area is 114 Å². The Morgan fingerprint density at radius 1 is 1.15 bits per heavy atom. The first kappa shape index (κ1) is 13.7. The summed E-state index contributed by atoms with van der Waals surface area (Å²) < 4.78 is 0. The number of piperazine rings is 1.